The lowest BCUT2D eigenvalue weighted by molar-refractivity contribution is 0.296. The van der Waals surface area contributed by atoms with Crippen LogP contribution in [0.3, 0.4) is 0 Å². The molecule has 96 valence electrons. The number of hydrogen-bond donors (Lipinski definition) is 2. The van der Waals surface area contributed by atoms with Gasteiger partial charge in [-0.15, -0.1) is 11.8 Å². The number of nitrogens with one attached hydrogen (secondary N) is 1. The van der Waals surface area contributed by atoms with Gasteiger partial charge in [-0.25, -0.2) is 0 Å². The van der Waals surface area contributed by atoms with Gasteiger partial charge in [0, 0.05) is 28.3 Å². The number of aliphatic hydroxyl groups excluding tert-OH is 1. The molecule has 0 aliphatic heterocycles. The summed E-state index contributed by atoms with van der Waals surface area (Å²) in [5, 5.41) is 12.1. The highest BCUT2D eigenvalue weighted by atomic mass is 79.9. The Hall–Kier alpha value is -0.0300. The van der Waals surface area contributed by atoms with E-state index in [1.807, 2.05) is 0 Å². The Bertz CT molecular complexity index is 333. The van der Waals surface area contributed by atoms with Crippen molar-refractivity contribution >= 4 is 27.7 Å². The van der Waals surface area contributed by atoms with Gasteiger partial charge < -0.3 is 10.4 Å². The van der Waals surface area contributed by atoms with Crippen molar-refractivity contribution in [2.45, 2.75) is 31.2 Å². The van der Waals surface area contributed by atoms with Gasteiger partial charge in [0.25, 0.3) is 0 Å². The van der Waals surface area contributed by atoms with Crippen molar-refractivity contribution in [1.82, 2.24) is 5.32 Å². The van der Waals surface area contributed by atoms with E-state index in [4.69, 9.17) is 5.11 Å². The summed E-state index contributed by atoms with van der Waals surface area (Å²) >= 11 is 5.38. The molecule has 0 aromatic heterocycles. The smallest absolute Gasteiger partial charge is 0.0439 e. The molecule has 2 nitrogen and oxygen atoms in total. The van der Waals surface area contributed by atoms with E-state index in [2.05, 4.69) is 46.4 Å². The van der Waals surface area contributed by atoms with E-state index >= 15 is 0 Å². The molecule has 4 heteroatoms. The monoisotopic (exact) mass is 317 g/mol. The highest BCUT2D eigenvalue weighted by Crippen LogP contribution is 2.28. The van der Waals surface area contributed by atoms with Crippen LogP contribution in [0.15, 0.2) is 27.6 Å². The lowest BCUT2D eigenvalue weighted by Gasteiger charge is -2.07. The van der Waals surface area contributed by atoms with Gasteiger partial charge in [0.15, 0.2) is 0 Å². The van der Waals surface area contributed by atoms with E-state index < -0.39 is 0 Å². The van der Waals surface area contributed by atoms with E-state index in [-0.39, 0.29) is 6.61 Å². The fourth-order valence-corrected chi connectivity index (χ4v) is 3.05. The molecule has 0 bridgehead atoms. The van der Waals surface area contributed by atoms with Gasteiger partial charge >= 0.3 is 0 Å². The van der Waals surface area contributed by atoms with Crippen molar-refractivity contribution in [3.8, 4) is 0 Å². The second kappa shape index (κ2) is 8.97. The zero-order valence-electron chi connectivity index (χ0n) is 10.2. The molecule has 0 heterocycles. The fourth-order valence-electron chi connectivity index (χ4n) is 1.43. The minimum Gasteiger partial charge on any atom is -0.396 e. The molecule has 1 aromatic rings. The maximum Gasteiger partial charge on any atom is 0.0439 e. The Morgan fingerprint density at radius 2 is 2.24 bits per heavy atom. The number of rotatable bonds is 8. The molecule has 0 radical (unpaired) electrons. The number of halogens is 1. The minimum absolute atomic E-state index is 0.268. The SMILES string of the molecule is CCCNCc1ccc(SCCCO)c(Br)c1. The first-order valence-corrected chi connectivity index (χ1v) is 7.78. The summed E-state index contributed by atoms with van der Waals surface area (Å²) in [4.78, 5) is 1.25. The van der Waals surface area contributed by atoms with Crippen molar-refractivity contribution in [3.63, 3.8) is 0 Å². The van der Waals surface area contributed by atoms with Crippen molar-refractivity contribution in [3.05, 3.63) is 28.2 Å². The molecule has 1 aromatic carbocycles. The van der Waals surface area contributed by atoms with Crippen LogP contribution in [-0.2, 0) is 6.54 Å². The van der Waals surface area contributed by atoms with Gasteiger partial charge in [-0.1, -0.05) is 13.0 Å². The van der Waals surface area contributed by atoms with Crippen LogP contribution in [0, 0.1) is 0 Å². The van der Waals surface area contributed by atoms with Crippen LogP contribution in [0.4, 0.5) is 0 Å². The van der Waals surface area contributed by atoms with Gasteiger partial charge in [-0.3, -0.25) is 0 Å². The summed E-state index contributed by atoms with van der Waals surface area (Å²) in [6.45, 7) is 4.42. The van der Waals surface area contributed by atoms with Crippen molar-refractivity contribution in [2.24, 2.45) is 0 Å². The number of thioether (sulfide) groups is 1. The maximum absolute atomic E-state index is 8.74. The van der Waals surface area contributed by atoms with E-state index in [1.54, 1.807) is 11.8 Å². The zero-order chi connectivity index (χ0) is 12.5. The summed E-state index contributed by atoms with van der Waals surface area (Å²) in [5.74, 6) is 0.961. The zero-order valence-corrected chi connectivity index (χ0v) is 12.6. The van der Waals surface area contributed by atoms with E-state index in [1.165, 1.54) is 10.5 Å². The van der Waals surface area contributed by atoms with Gasteiger partial charge in [-0.2, -0.15) is 0 Å². The quantitative estimate of drug-likeness (QED) is 0.569. The molecule has 2 N–H and O–H groups in total. The van der Waals surface area contributed by atoms with Crippen LogP contribution < -0.4 is 5.32 Å². The predicted molar refractivity (Wildman–Crippen MR) is 78.6 cm³/mol. The number of aliphatic hydroxyl groups is 1. The first-order valence-electron chi connectivity index (χ1n) is 6.00. The van der Waals surface area contributed by atoms with Crippen molar-refractivity contribution < 1.29 is 5.11 Å². The molecule has 1 rings (SSSR count). The van der Waals surface area contributed by atoms with Crippen LogP contribution in [0.25, 0.3) is 0 Å². The Morgan fingerprint density at radius 3 is 2.88 bits per heavy atom. The molecule has 17 heavy (non-hydrogen) atoms. The first kappa shape index (κ1) is 15.0. The fraction of sp³-hybridized carbons (Fsp3) is 0.538. The van der Waals surface area contributed by atoms with Crippen LogP contribution in [0.5, 0.6) is 0 Å². The van der Waals surface area contributed by atoms with Crippen molar-refractivity contribution in [1.29, 1.82) is 0 Å². The Labute approximate surface area is 116 Å². The lowest BCUT2D eigenvalue weighted by Crippen LogP contribution is -2.13. The van der Waals surface area contributed by atoms with Crippen molar-refractivity contribution in [2.75, 3.05) is 18.9 Å². The molecule has 0 amide bonds. The van der Waals surface area contributed by atoms with E-state index in [9.17, 15) is 0 Å². The summed E-state index contributed by atoms with van der Waals surface area (Å²) in [6, 6.07) is 6.48. The second-order valence-corrected chi connectivity index (χ2v) is 5.86. The van der Waals surface area contributed by atoms with Crippen LogP contribution in [0.2, 0.25) is 0 Å². The minimum atomic E-state index is 0.268. The van der Waals surface area contributed by atoms with Gasteiger partial charge in [0.1, 0.15) is 0 Å². The molecule has 0 aliphatic rings. The summed E-state index contributed by atoms with van der Waals surface area (Å²) in [5.41, 5.74) is 1.30. The van der Waals surface area contributed by atoms with Crippen LogP contribution in [0.1, 0.15) is 25.3 Å². The molecule has 0 unspecified atom stereocenters. The average Bonchev–Trinajstić information content (AvgIpc) is 2.32. The normalized spacial score (nSPS) is 10.8. The molecular formula is C13H20BrNOS. The van der Waals surface area contributed by atoms with Crippen LogP contribution >= 0.6 is 27.7 Å². The molecular weight excluding hydrogens is 298 g/mol. The van der Waals surface area contributed by atoms with E-state index in [0.29, 0.717) is 0 Å². The van der Waals surface area contributed by atoms with Crippen LogP contribution in [-0.4, -0.2) is 24.0 Å². The second-order valence-electron chi connectivity index (χ2n) is 3.87. The predicted octanol–water partition coefficient (Wildman–Crippen LogP) is 3.42. The number of benzene rings is 1. The molecule has 0 spiro atoms. The summed E-state index contributed by atoms with van der Waals surface area (Å²) in [6.07, 6.45) is 2.01. The third-order valence-corrected chi connectivity index (χ3v) is 4.39. The van der Waals surface area contributed by atoms with E-state index in [0.717, 1.165) is 36.2 Å². The topological polar surface area (TPSA) is 32.3 Å². The first-order chi connectivity index (χ1) is 8.27. The highest BCUT2D eigenvalue weighted by molar-refractivity contribution is 9.10. The largest absolute Gasteiger partial charge is 0.396 e. The summed E-state index contributed by atoms with van der Waals surface area (Å²) < 4.78 is 1.15. The third kappa shape index (κ3) is 5.91. The molecule has 0 aliphatic carbocycles. The highest BCUT2D eigenvalue weighted by Gasteiger charge is 2.02. The molecule has 0 fully saturated rings. The summed E-state index contributed by atoms with van der Waals surface area (Å²) in [7, 11) is 0. The van der Waals surface area contributed by atoms with Gasteiger partial charge in [-0.05, 0) is 53.0 Å². The Morgan fingerprint density at radius 1 is 1.41 bits per heavy atom. The maximum atomic E-state index is 8.74. The lowest BCUT2D eigenvalue weighted by atomic mass is 10.2. The molecule has 0 saturated heterocycles. The Kier molecular flexibility index (Phi) is 7.93. The number of hydrogen-bond acceptors (Lipinski definition) is 3. The Balaban J connectivity index is 2.47. The third-order valence-electron chi connectivity index (χ3n) is 2.31. The van der Waals surface area contributed by atoms with Gasteiger partial charge in [0.05, 0.1) is 0 Å². The average molecular weight is 318 g/mol. The molecule has 0 atom stereocenters. The molecule has 0 saturated carbocycles. The standard InChI is InChI=1S/C13H20BrNOS/c1-2-6-15-10-11-4-5-13(12(14)9-11)17-8-3-7-16/h4-5,9,15-16H,2-3,6-8,10H2,1H3. The van der Waals surface area contributed by atoms with Gasteiger partial charge in [0.2, 0.25) is 0 Å².